The van der Waals surface area contributed by atoms with Gasteiger partial charge in [-0.15, -0.1) is 0 Å². The van der Waals surface area contributed by atoms with Crippen LogP contribution in [0.2, 0.25) is 0 Å². The van der Waals surface area contributed by atoms with E-state index in [1.165, 1.54) is 44.6 Å². The van der Waals surface area contributed by atoms with Gasteiger partial charge in [0.2, 0.25) is 0 Å². The molecular formula is C24H33FN2O2. The number of hydrogen-bond donors (Lipinski definition) is 2. The van der Waals surface area contributed by atoms with Crippen molar-refractivity contribution >= 4 is 6.03 Å². The molecule has 29 heavy (non-hydrogen) atoms. The van der Waals surface area contributed by atoms with E-state index in [0.717, 1.165) is 43.4 Å². The lowest BCUT2D eigenvalue weighted by atomic mass is 9.53. The number of ether oxygens (including phenoxy) is 1. The third-order valence-electron chi connectivity index (χ3n) is 7.86. The van der Waals surface area contributed by atoms with Crippen molar-refractivity contribution in [1.82, 2.24) is 10.6 Å². The van der Waals surface area contributed by atoms with Gasteiger partial charge in [-0.05, 0) is 88.0 Å². The van der Waals surface area contributed by atoms with Gasteiger partial charge in [-0.25, -0.2) is 9.18 Å². The van der Waals surface area contributed by atoms with E-state index in [2.05, 4.69) is 10.6 Å². The minimum absolute atomic E-state index is 0.0303. The fraction of sp³-hybridized carbons (Fsp3) is 0.708. The molecule has 4 bridgehead atoms. The zero-order chi connectivity index (χ0) is 19.8. The topological polar surface area (TPSA) is 50.4 Å². The Balaban J connectivity index is 1.06. The molecule has 0 aliphatic heterocycles. The van der Waals surface area contributed by atoms with Crippen LogP contribution in [0.4, 0.5) is 9.18 Å². The Morgan fingerprint density at radius 1 is 1.00 bits per heavy atom. The molecule has 2 N–H and O–H groups in total. The van der Waals surface area contributed by atoms with Gasteiger partial charge in [0.25, 0.3) is 0 Å². The lowest BCUT2D eigenvalue weighted by Crippen LogP contribution is -2.62. The average molecular weight is 401 g/mol. The summed E-state index contributed by atoms with van der Waals surface area (Å²) in [6.45, 7) is 0.321. The average Bonchev–Trinajstić information content (AvgIpc) is 2.67. The number of nitrogens with one attached hydrogen (secondary N) is 2. The second-order valence-electron chi connectivity index (χ2n) is 10.2. The molecule has 0 spiro atoms. The molecule has 5 aliphatic carbocycles. The van der Waals surface area contributed by atoms with Crippen molar-refractivity contribution in [3.63, 3.8) is 0 Å². The second kappa shape index (κ2) is 7.90. The Hall–Kier alpha value is -1.62. The van der Waals surface area contributed by atoms with Gasteiger partial charge >= 0.3 is 6.03 Å². The third-order valence-corrected chi connectivity index (χ3v) is 7.86. The summed E-state index contributed by atoms with van der Waals surface area (Å²) >= 11 is 0. The lowest BCUT2D eigenvalue weighted by Gasteiger charge is -2.56. The van der Waals surface area contributed by atoms with E-state index < -0.39 is 0 Å². The van der Waals surface area contributed by atoms with Crippen LogP contribution in [0, 0.1) is 23.6 Å². The van der Waals surface area contributed by atoms with Gasteiger partial charge in [-0.2, -0.15) is 0 Å². The number of rotatable bonds is 5. The van der Waals surface area contributed by atoms with Crippen LogP contribution in [0.5, 0.6) is 0 Å². The van der Waals surface area contributed by atoms with E-state index in [0.29, 0.717) is 12.2 Å². The first-order valence-electron chi connectivity index (χ1n) is 11.5. The van der Waals surface area contributed by atoms with Crippen molar-refractivity contribution in [2.45, 2.75) is 88.5 Å². The number of hydrogen-bond acceptors (Lipinski definition) is 2. The predicted molar refractivity (Wildman–Crippen MR) is 110 cm³/mol. The first-order chi connectivity index (χ1) is 14.1. The molecule has 5 aliphatic rings. The molecule has 4 nitrogen and oxygen atoms in total. The maximum Gasteiger partial charge on any atom is 0.315 e. The lowest BCUT2D eigenvalue weighted by molar-refractivity contribution is -0.0142. The van der Waals surface area contributed by atoms with Crippen LogP contribution < -0.4 is 10.6 Å². The summed E-state index contributed by atoms with van der Waals surface area (Å²) in [4.78, 5) is 12.7. The van der Waals surface area contributed by atoms with Crippen molar-refractivity contribution < 1.29 is 13.9 Å². The van der Waals surface area contributed by atoms with Crippen molar-refractivity contribution in [1.29, 1.82) is 0 Å². The molecule has 0 radical (unpaired) electrons. The minimum atomic E-state index is -0.204. The summed E-state index contributed by atoms with van der Waals surface area (Å²) in [7, 11) is 0. The Bertz CT molecular complexity index is 709. The van der Waals surface area contributed by atoms with Crippen molar-refractivity contribution in [2.24, 2.45) is 17.8 Å². The largest absolute Gasteiger partial charge is 0.373 e. The molecule has 0 saturated heterocycles. The van der Waals surface area contributed by atoms with Crippen molar-refractivity contribution in [2.75, 3.05) is 0 Å². The molecule has 5 heteroatoms. The fourth-order valence-electron chi connectivity index (χ4n) is 6.92. The maximum atomic E-state index is 13.7. The number of carbonyl (C=O) groups is 1. The summed E-state index contributed by atoms with van der Waals surface area (Å²) in [6.07, 6.45) is 11.5. The SMILES string of the molecule is O=C(NC1CCC(OCc2ccccc2F)CC1)NC12CC3CC(CC(C3)C1)C2. The maximum absolute atomic E-state index is 13.7. The molecular weight excluding hydrogens is 367 g/mol. The summed E-state index contributed by atoms with van der Waals surface area (Å²) in [6, 6.07) is 7.04. The standard InChI is InChI=1S/C24H33FN2O2/c25-22-4-2-1-3-19(22)15-29-21-7-5-20(6-8-21)26-23(28)27-24-12-16-9-17(13-24)11-18(10-16)14-24/h1-4,16-18,20-21H,5-15H2,(H2,26,27,28). The van der Waals surface area contributed by atoms with Crippen LogP contribution in [0.15, 0.2) is 24.3 Å². The first kappa shape index (κ1) is 19.3. The quantitative estimate of drug-likeness (QED) is 0.737. The van der Waals surface area contributed by atoms with Gasteiger partial charge in [0.1, 0.15) is 5.82 Å². The summed E-state index contributed by atoms with van der Waals surface area (Å²) in [5.74, 6) is 2.31. The number of urea groups is 1. The highest BCUT2D eigenvalue weighted by Gasteiger charge is 2.51. The van der Waals surface area contributed by atoms with Crippen LogP contribution in [-0.2, 0) is 11.3 Å². The van der Waals surface area contributed by atoms with E-state index in [-0.39, 0.29) is 29.5 Å². The zero-order valence-corrected chi connectivity index (χ0v) is 17.2. The number of benzene rings is 1. The van der Waals surface area contributed by atoms with Crippen LogP contribution >= 0.6 is 0 Å². The molecule has 2 amide bonds. The monoisotopic (exact) mass is 400 g/mol. The van der Waals surface area contributed by atoms with E-state index in [9.17, 15) is 9.18 Å². The van der Waals surface area contributed by atoms with Gasteiger partial charge in [0, 0.05) is 17.1 Å². The van der Waals surface area contributed by atoms with Crippen molar-refractivity contribution in [3.8, 4) is 0 Å². The second-order valence-corrected chi connectivity index (χ2v) is 10.2. The smallest absolute Gasteiger partial charge is 0.315 e. The highest BCUT2D eigenvalue weighted by Crippen LogP contribution is 2.55. The van der Waals surface area contributed by atoms with Gasteiger partial charge in [-0.1, -0.05) is 18.2 Å². The molecule has 1 aromatic carbocycles. The van der Waals surface area contributed by atoms with E-state index in [1.54, 1.807) is 12.1 Å². The third kappa shape index (κ3) is 4.30. The van der Waals surface area contributed by atoms with Crippen LogP contribution in [0.1, 0.15) is 69.8 Å². The molecule has 0 aromatic heterocycles. The molecule has 0 atom stereocenters. The van der Waals surface area contributed by atoms with E-state index in [1.807, 2.05) is 6.07 Å². The fourth-order valence-corrected chi connectivity index (χ4v) is 6.92. The Morgan fingerprint density at radius 2 is 1.62 bits per heavy atom. The summed E-state index contributed by atoms with van der Waals surface area (Å²) < 4.78 is 19.6. The van der Waals surface area contributed by atoms with Gasteiger partial charge in [-0.3, -0.25) is 0 Å². The van der Waals surface area contributed by atoms with Gasteiger partial charge in [0.15, 0.2) is 0 Å². The highest BCUT2D eigenvalue weighted by molar-refractivity contribution is 5.75. The molecule has 5 saturated carbocycles. The predicted octanol–water partition coefficient (Wildman–Crippen LogP) is 4.92. The molecule has 5 fully saturated rings. The van der Waals surface area contributed by atoms with Crippen LogP contribution in [0.3, 0.4) is 0 Å². The molecule has 6 rings (SSSR count). The van der Waals surface area contributed by atoms with Crippen LogP contribution in [0.25, 0.3) is 0 Å². The molecule has 158 valence electrons. The Morgan fingerprint density at radius 3 is 2.24 bits per heavy atom. The van der Waals surface area contributed by atoms with Crippen LogP contribution in [-0.4, -0.2) is 23.7 Å². The minimum Gasteiger partial charge on any atom is -0.373 e. The van der Waals surface area contributed by atoms with Gasteiger partial charge in [0.05, 0.1) is 12.7 Å². The van der Waals surface area contributed by atoms with E-state index >= 15 is 0 Å². The molecule has 0 unspecified atom stereocenters. The summed E-state index contributed by atoms with van der Waals surface area (Å²) in [5.41, 5.74) is 0.682. The van der Waals surface area contributed by atoms with Gasteiger partial charge < -0.3 is 15.4 Å². The Kier molecular flexibility index (Phi) is 5.27. The number of amides is 2. The molecule has 1 aromatic rings. The zero-order valence-electron chi connectivity index (χ0n) is 17.2. The highest BCUT2D eigenvalue weighted by atomic mass is 19.1. The molecule has 0 heterocycles. The number of halogens is 1. The normalized spacial score (nSPS) is 38.0. The van der Waals surface area contributed by atoms with E-state index in [4.69, 9.17) is 4.74 Å². The number of carbonyl (C=O) groups excluding carboxylic acids is 1. The summed E-state index contributed by atoms with van der Waals surface area (Å²) in [5, 5.41) is 6.64. The first-order valence-corrected chi connectivity index (χ1v) is 11.5. The Labute approximate surface area is 173 Å². The van der Waals surface area contributed by atoms with Crippen molar-refractivity contribution in [3.05, 3.63) is 35.6 Å².